The van der Waals surface area contributed by atoms with E-state index in [-0.39, 0.29) is 6.04 Å². The molecule has 1 N–H and O–H groups in total. The second-order valence-corrected chi connectivity index (χ2v) is 3.49. The highest BCUT2D eigenvalue weighted by Gasteiger charge is 2.37. The Labute approximate surface area is 76.1 Å². The third-order valence-corrected chi connectivity index (χ3v) is 2.03. The number of amides is 1. The summed E-state index contributed by atoms with van der Waals surface area (Å²) in [5, 5.41) is 3.08. The molecule has 1 fully saturated rings. The Kier molecular flexibility index (Phi) is 2.85. The average Bonchev–Trinajstić information content (AvgIpc) is 2.01. The molecule has 1 rings (SSSR count). The first-order chi connectivity index (χ1) is 5.91. The zero-order valence-electron chi connectivity index (χ0n) is 7.81. The fourth-order valence-electron chi connectivity index (χ4n) is 1.39. The molecule has 5 heteroatoms. The standard InChI is InChI=1S/C8H14F2N2O/c1-6-5-12(4-3-11-6)7(13)8(2,9)10/h6,11H,3-5H2,1-2H3/t6-/m0/s1. The monoisotopic (exact) mass is 192 g/mol. The zero-order valence-corrected chi connectivity index (χ0v) is 7.81. The van der Waals surface area contributed by atoms with Gasteiger partial charge in [-0.25, -0.2) is 0 Å². The van der Waals surface area contributed by atoms with E-state index in [2.05, 4.69) is 5.32 Å². The van der Waals surface area contributed by atoms with Gasteiger partial charge in [0.15, 0.2) is 0 Å². The van der Waals surface area contributed by atoms with Crippen molar-refractivity contribution in [3.05, 3.63) is 0 Å². The maximum atomic E-state index is 12.6. The molecule has 1 heterocycles. The topological polar surface area (TPSA) is 32.3 Å². The molecule has 0 aromatic carbocycles. The van der Waals surface area contributed by atoms with Crippen LogP contribution in [-0.2, 0) is 4.79 Å². The van der Waals surface area contributed by atoms with E-state index in [4.69, 9.17) is 0 Å². The van der Waals surface area contributed by atoms with Crippen LogP contribution in [0.25, 0.3) is 0 Å². The van der Waals surface area contributed by atoms with Crippen LogP contribution in [0, 0.1) is 0 Å². The normalized spacial score (nSPS) is 24.6. The Morgan fingerprint density at radius 3 is 2.69 bits per heavy atom. The summed E-state index contributed by atoms with van der Waals surface area (Å²) in [6.07, 6.45) is 0. The predicted molar refractivity (Wildman–Crippen MR) is 44.7 cm³/mol. The van der Waals surface area contributed by atoms with E-state index in [1.54, 1.807) is 0 Å². The third kappa shape index (κ3) is 2.62. The lowest BCUT2D eigenvalue weighted by atomic mass is 10.2. The fourth-order valence-corrected chi connectivity index (χ4v) is 1.39. The third-order valence-electron chi connectivity index (χ3n) is 2.03. The number of hydrogen-bond acceptors (Lipinski definition) is 2. The van der Waals surface area contributed by atoms with Gasteiger partial charge in [0.1, 0.15) is 0 Å². The van der Waals surface area contributed by atoms with Crippen LogP contribution < -0.4 is 5.32 Å². The molecule has 1 aliphatic rings. The Balaban J connectivity index is 2.56. The minimum Gasteiger partial charge on any atom is -0.335 e. The average molecular weight is 192 g/mol. The van der Waals surface area contributed by atoms with E-state index >= 15 is 0 Å². The van der Waals surface area contributed by atoms with Gasteiger partial charge in [-0.2, -0.15) is 8.78 Å². The number of nitrogens with one attached hydrogen (secondary N) is 1. The molecule has 13 heavy (non-hydrogen) atoms. The lowest BCUT2D eigenvalue weighted by Gasteiger charge is -2.33. The maximum Gasteiger partial charge on any atom is 0.322 e. The summed E-state index contributed by atoms with van der Waals surface area (Å²) in [6, 6.07) is 0.0973. The number of piperazine rings is 1. The maximum absolute atomic E-state index is 12.6. The van der Waals surface area contributed by atoms with Gasteiger partial charge in [-0.3, -0.25) is 4.79 Å². The first-order valence-electron chi connectivity index (χ1n) is 4.32. The number of alkyl halides is 2. The molecular formula is C8H14F2N2O. The summed E-state index contributed by atoms with van der Waals surface area (Å²) in [5.74, 6) is -4.31. The second kappa shape index (κ2) is 3.57. The van der Waals surface area contributed by atoms with E-state index in [9.17, 15) is 13.6 Å². The van der Waals surface area contributed by atoms with Crippen molar-refractivity contribution in [2.45, 2.75) is 25.8 Å². The Morgan fingerprint density at radius 2 is 2.23 bits per heavy atom. The first-order valence-corrected chi connectivity index (χ1v) is 4.32. The van der Waals surface area contributed by atoms with Crippen molar-refractivity contribution < 1.29 is 13.6 Å². The number of nitrogens with zero attached hydrogens (tertiary/aromatic N) is 1. The molecule has 0 aromatic heterocycles. The summed E-state index contributed by atoms with van der Waals surface area (Å²) in [5.41, 5.74) is 0. The minimum atomic E-state index is -3.24. The predicted octanol–water partition coefficient (Wildman–Crippen LogP) is 0.462. The van der Waals surface area contributed by atoms with Crippen LogP contribution in [0.15, 0.2) is 0 Å². The number of hydrogen-bond donors (Lipinski definition) is 1. The highest BCUT2D eigenvalue weighted by atomic mass is 19.3. The van der Waals surface area contributed by atoms with Gasteiger partial charge in [0, 0.05) is 32.6 Å². The molecule has 3 nitrogen and oxygen atoms in total. The van der Waals surface area contributed by atoms with E-state index in [0.29, 0.717) is 26.6 Å². The Hall–Kier alpha value is -0.710. The van der Waals surface area contributed by atoms with Crippen LogP contribution in [0.4, 0.5) is 8.78 Å². The van der Waals surface area contributed by atoms with Crippen molar-refractivity contribution in [2.24, 2.45) is 0 Å². The van der Waals surface area contributed by atoms with Gasteiger partial charge in [0.2, 0.25) is 0 Å². The molecule has 0 unspecified atom stereocenters. The molecule has 1 atom stereocenters. The molecule has 0 bridgehead atoms. The summed E-state index contributed by atoms with van der Waals surface area (Å²) < 4.78 is 25.2. The fraction of sp³-hybridized carbons (Fsp3) is 0.875. The molecule has 0 radical (unpaired) electrons. The number of rotatable bonds is 1. The van der Waals surface area contributed by atoms with Crippen LogP contribution in [0.3, 0.4) is 0 Å². The van der Waals surface area contributed by atoms with Crippen molar-refractivity contribution in [3.8, 4) is 0 Å². The molecule has 0 saturated carbocycles. The van der Waals surface area contributed by atoms with E-state index < -0.39 is 11.8 Å². The van der Waals surface area contributed by atoms with Crippen LogP contribution in [-0.4, -0.2) is 42.4 Å². The Bertz CT molecular complexity index is 203. The highest BCUT2D eigenvalue weighted by Crippen LogP contribution is 2.16. The minimum absolute atomic E-state index is 0.0973. The zero-order chi connectivity index (χ0) is 10.1. The van der Waals surface area contributed by atoms with Gasteiger partial charge in [-0.05, 0) is 6.92 Å². The van der Waals surface area contributed by atoms with Crippen molar-refractivity contribution in [3.63, 3.8) is 0 Å². The van der Waals surface area contributed by atoms with Gasteiger partial charge >= 0.3 is 5.92 Å². The molecular weight excluding hydrogens is 178 g/mol. The largest absolute Gasteiger partial charge is 0.335 e. The van der Waals surface area contributed by atoms with E-state index in [1.807, 2.05) is 6.92 Å². The highest BCUT2D eigenvalue weighted by molar-refractivity contribution is 5.83. The van der Waals surface area contributed by atoms with E-state index in [1.165, 1.54) is 4.90 Å². The van der Waals surface area contributed by atoms with Gasteiger partial charge in [-0.15, -0.1) is 0 Å². The molecule has 76 valence electrons. The van der Waals surface area contributed by atoms with Crippen LogP contribution in [0.2, 0.25) is 0 Å². The first kappa shape index (κ1) is 10.4. The molecule has 0 aliphatic carbocycles. The van der Waals surface area contributed by atoms with E-state index in [0.717, 1.165) is 0 Å². The van der Waals surface area contributed by atoms with Crippen molar-refractivity contribution in [2.75, 3.05) is 19.6 Å². The molecule has 0 aromatic rings. The lowest BCUT2D eigenvalue weighted by molar-refractivity contribution is -0.156. The van der Waals surface area contributed by atoms with Gasteiger partial charge < -0.3 is 10.2 Å². The van der Waals surface area contributed by atoms with Crippen molar-refractivity contribution in [1.82, 2.24) is 10.2 Å². The smallest absolute Gasteiger partial charge is 0.322 e. The summed E-state index contributed by atoms with van der Waals surface area (Å²) >= 11 is 0. The molecule has 1 amide bonds. The molecule has 1 saturated heterocycles. The van der Waals surface area contributed by atoms with Crippen molar-refractivity contribution in [1.29, 1.82) is 0 Å². The van der Waals surface area contributed by atoms with Crippen LogP contribution in [0.1, 0.15) is 13.8 Å². The SMILES string of the molecule is C[C@H]1CN(C(=O)C(C)(F)F)CCN1. The number of carbonyl (C=O) groups excluding carboxylic acids is 1. The second-order valence-electron chi connectivity index (χ2n) is 3.49. The summed E-state index contributed by atoms with van der Waals surface area (Å²) in [4.78, 5) is 12.3. The molecule has 0 spiro atoms. The van der Waals surface area contributed by atoms with Crippen LogP contribution in [0.5, 0.6) is 0 Å². The summed E-state index contributed by atoms with van der Waals surface area (Å²) in [6.45, 7) is 3.83. The molecule has 1 aliphatic heterocycles. The number of carbonyl (C=O) groups is 1. The number of halogens is 2. The van der Waals surface area contributed by atoms with Gasteiger partial charge in [0.25, 0.3) is 5.91 Å². The van der Waals surface area contributed by atoms with Gasteiger partial charge in [0.05, 0.1) is 0 Å². The lowest BCUT2D eigenvalue weighted by Crippen LogP contribution is -2.54. The van der Waals surface area contributed by atoms with Crippen molar-refractivity contribution >= 4 is 5.91 Å². The summed E-state index contributed by atoms with van der Waals surface area (Å²) in [7, 11) is 0. The quantitative estimate of drug-likeness (QED) is 0.654. The van der Waals surface area contributed by atoms with Gasteiger partial charge in [-0.1, -0.05) is 0 Å². The Morgan fingerprint density at radius 1 is 1.62 bits per heavy atom. The van der Waals surface area contributed by atoms with Crippen LogP contribution >= 0.6 is 0 Å².